The minimum absolute atomic E-state index is 0.118. The molecule has 1 aliphatic rings. The summed E-state index contributed by atoms with van der Waals surface area (Å²) >= 11 is 1.48. The molecule has 1 saturated carbocycles. The molecule has 0 saturated heterocycles. The Morgan fingerprint density at radius 2 is 2.07 bits per heavy atom. The fourth-order valence-electron chi connectivity index (χ4n) is 4.57. The Bertz CT molecular complexity index is 991. The molecule has 0 bridgehead atoms. The molecule has 0 amide bonds. The average molecular weight is 429 g/mol. The maximum absolute atomic E-state index is 11.8. The molecule has 0 radical (unpaired) electrons. The first kappa shape index (κ1) is 20.8. The lowest BCUT2D eigenvalue weighted by Crippen LogP contribution is -2.34. The second-order valence-electron chi connectivity index (χ2n) is 8.19. The molecular weight excluding hydrogens is 400 g/mol. The lowest BCUT2D eigenvalue weighted by atomic mass is 9.87. The summed E-state index contributed by atoms with van der Waals surface area (Å²) in [7, 11) is 0. The summed E-state index contributed by atoms with van der Waals surface area (Å²) < 4.78 is 8.88. The molecule has 160 valence electrons. The normalized spacial score (nSPS) is 16.9. The van der Waals surface area contributed by atoms with Gasteiger partial charge in [0.2, 0.25) is 0 Å². The third-order valence-electron chi connectivity index (χ3n) is 6.44. The van der Waals surface area contributed by atoms with Gasteiger partial charge in [-0.25, -0.2) is 14.6 Å². The monoisotopic (exact) mass is 428 g/mol. The van der Waals surface area contributed by atoms with Gasteiger partial charge in [-0.3, -0.25) is 4.79 Å². The van der Waals surface area contributed by atoms with Gasteiger partial charge in [-0.05, 0) is 36.5 Å². The Labute approximate surface area is 180 Å². The van der Waals surface area contributed by atoms with Crippen molar-refractivity contribution in [2.45, 2.75) is 58.4 Å². The van der Waals surface area contributed by atoms with Gasteiger partial charge in [-0.2, -0.15) is 5.10 Å². The van der Waals surface area contributed by atoms with Crippen LogP contribution in [-0.4, -0.2) is 37.4 Å². The Morgan fingerprint density at radius 1 is 1.30 bits per heavy atom. The number of aliphatic carboxylic acids is 1. The minimum Gasteiger partial charge on any atom is -0.481 e. The van der Waals surface area contributed by atoms with Gasteiger partial charge in [-0.1, -0.05) is 56.9 Å². The largest absolute Gasteiger partial charge is 0.481 e. The molecule has 1 fully saturated rings. The molecule has 1 aromatic carbocycles. The van der Waals surface area contributed by atoms with Gasteiger partial charge in [0.05, 0.1) is 16.3 Å². The van der Waals surface area contributed by atoms with E-state index in [1.54, 1.807) is 12.7 Å². The van der Waals surface area contributed by atoms with E-state index in [9.17, 15) is 9.90 Å². The number of benzene rings is 1. The van der Waals surface area contributed by atoms with Crippen LogP contribution in [0.25, 0.3) is 10.2 Å². The topological polar surface area (TPSA) is 90.1 Å². The maximum Gasteiger partial charge on any atom is 0.313 e. The van der Waals surface area contributed by atoms with E-state index in [2.05, 4.69) is 41.0 Å². The van der Waals surface area contributed by atoms with Gasteiger partial charge in [-0.15, -0.1) is 0 Å². The Kier molecular flexibility index (Phi) is 6.04. The standard InChI is InChI=1S/C22H28N4O3S/c1-3-15(4-2)19(26-14-23-13-24-26)16-7-8-17-18(11-16)30-21(25-17)29-12-22(20(27)28)9-5-6-10-22/h7-8,11,13-15,19H,3-6,9-10,12H2,1-2H3,(H,27,28). The van der Waals surface area contributed by atoms with Crippen molar-refractivity contribution in [3.8, 4) is 5.19 Å². The van der Waals surface area contributed by atoms with Gasteiger partial charge < -0.3 is 9.84 Å². The molecule has 2 heterocycles. The number of ether oxygens (including phenoxy) is 1. The number of hydrogen-bond donors (Lipinski definition) is 1. The van der Waals surface area contributed by atoms with Gasteiger partial charge in [0.25, 0.3) is 5.19 Å². The molecule has 0 spiro atoms. The van der Waals surface area contributed by atoms with Gasteiger partial charge in [0, 0.05) is 0 Å². The zero-order chi connectivity index (χ0) is 21.1. The average Bonchev–Trinajstić information content (AvgIpc) is 3.50. The van der Waals surface area contributed by atoms with E-state index in [4.69, 9.17) is 4.74 Å². The van der Waals surface area contributed by atoms with E-state index in [0.717, 1.165) is 35.9 Å². The van der Waals surface area contributed by atoms with Crippen molar-refractivity contribution in [1.82, 2.24) is 19.7 Å². The second kappa shape index (κ2) is 8.71. The van der Waals surface area contributed by atoms with Crippen LogP contribution >= 0.6 is 11.3 Å². The van der Waals surface area contributed by atoms with Gasteiger partial charge in [0.15, 0.2) is 0 Å². The van der Waals surface area contributed by atoms with Crippen molar-refractivity contribution in [2.24, 2.45) is 11.3 Å². The van der Waals surface area contributed by atoms with Crippen LogP contribution in [0.1, 0.15) is 64.0 Å². The summed E-state index contributed by atoms with van der Waals surface area (Å²) in [5, 5.41) is 14.6. The van der Waals surface area contributed by atoms with Crippen LogP contribution in [0.5, 0.6) is 5.19 Å². The minimum atomic E-state index is -0.767. The quantitative estimate of drug-likeness (QED) is 0.519. The van der Waals surface area contributed by atoms with Crippen LogP contribution in [0.3, 0.4) is 0 Å². The first-order chi connectivity index (χ1) is 14.6. The van der Waals surface area contributed by atoms with Crippen LogP contribution in [0.4, 0.5) is 0 Å². The van der Waals surface area contributed by atoms with E-state index < -0.39 is 11.4 Å². The van der Waals surface area contributed by atoms with Gasteiger partial charge in [0.1, 0.15) is 24.7 Å². The van der Waals surface area contributed by atoms with Crippen LogP contribution in [0.2, 0.25) is 0 Å². The first-order valence-corrected chi connectivity index (χ1v) is 11.5. The van der Waals surface area contributed by atoms with Crippen LogP contribution in [0.15, 0.2) is 30.9 Å². The number of nitrogens with zero attached hydrogens (tertiary/aromatic N) is 4. The molecule has 0 aliphatic heterocycles. The highest BCUT2D eigenvalue weighted by Gasteiger charge is 2.42. The number of carboxylic acid groups (broad SMARTS) is 1. The molecule has 7 nitrogen and oxygen atoms in total. The molecule has 1 aliphatic carbocycles. The van der Waals surface area contributed by atoms with E-state index in [-0.39, 0.29) is 12.6 Å². The number of carbonyl (C=O) groups is 1. The summed E-state index contributed by atoms with van der Waals surface area (Å²) in [6.45, 7) is 4.59. The van der Waals surface area contributed by atoms with Crippen molar-refractivity contribution < 1.29 is 14.6 Å². The van der Waals surface area contributed by atoms with Gasteiger partial charge >= 0.3 is 5.97 Å². The number of aromatic nitrogens is 4. The Hall–Kier alpha value is -2.48. The molecule has 3 aromatic rings. The fraction of sp³-hybridized carbons (Fsp3) is 0.545. The maximum atomic E-state index is 11.8. The molecule has 4 rings (SSSR count). The second-order valence-corrected chi connectivity index (χ2v) is 9.18. The molecule has 2 aromatic heterocycles. The SMILES string of the molecule is CCC(CC)C(c1ccc2nc(OCC3(C(=O)O)CCCC3)sc2c1)n1cncn1. The van der Waals surface area contributed by atoms with Crippen molar-refractivity contribution in [3.63, 3.8) is 0 Å². The zero-order valence-corrected chi connectivity index (χ0v) is 18.3. The third kappa shape index (κ3) is 3.93. The highest BCUT2D eigenvalue weighted by atomic mass is 32.1. The van der Waals surface area contributed by atoms with Crippen molar-refractivity contribution in [2.75, 3.05) is 6.61 Å². The lowest BCUT2D eigenvalue weighted by molar-refractivity contribution is -0.150. The number of hydrogen-bond acceptors (Lipinski definition) is 6. The van der Waals surface area contributed by atoms with E-state index in [0.29, 0.717) is 24.0 Å². The van der Waals surface area contributed by atoms with Crippen molar-refractivity contribution in [1.29, 1.82) is 0 Å². The number of fused-ring (bicyclic) bond motifs is 1. The molecule has 1 unspecified atom stereocenters. The summed E-state index contributed by atoms with van der Waals surface area (Å²) in [4.78, 5) is 20.5. The number of rotatable bonds is 9. The lowest BCUT2D eigenvalue weighted by Gasteiger charge is -2.25. The van der Waals surface area contributed by atoms with E-state index in [1.165, 1.54) is 16.9 Å². The first-order valence-electron chi connectivity index (χ1n) is 10.7. The summed E-state index contributed by atoms with van der Waals surface area (Å²) in [5.41, 5.74) is 1.28. The molecular formula is C22H28N4O3S. The molecule has 30 heavy (non-hydrogen) atoms. The van der Waals surface area contributed by atoms with Crippen LogP contribution < -0.4 is 4.74 Å². The van der Waals surface area contributed by atoms with Crippen LogP contribution in [0, 0.1) is 11.3 Å². The molecule has 8 heteroatoms. The molecule has 1 atom stereocenters. The van der Waals surface area contributed by atoms with Crippen molar-refractivity contribution in [3.05, 3.63) is 36.4 Å². The van der Waals surface area contributed by atoms with Crippen LogP contribution in [-0.2, 0) is 4.79 Å². The third-order valence-corrected chi connectivity index (χ3v) is 7.37. The predicted octanol–water partition coefficient (Wildman–Crippen LogP) is 4.94. The zero-order valence-electron chi connectivity index (χ0n) is 17.5. The highest BCUT2D eigenvalue weighted by molar-refractivity contribution is 7.20. The fourth-order valence-corrected chi connectivity index (χ4v) is 5.44. The predicted molar refractivity (Wildman–Crippen MR) is 116 cm³/mol. The number of thiazole rings is 1. The Morgan fingerprint density at radius 3 is 2.70 bits per heavy atom. The Balaban J connectivity index is 1.59. The van der Waals surface area contributed by atoms with Crippen molar-refractivity contribution >= 4 is 27.5 Å². The molecule has 1 N–H and O–H groups in total. The summed E-state index contributed by atoms with van der Waals surface area (Å²) in [5.74, 6) is -0.310. The van der Waals surface area contributed by atoms with E-state index in [1.807, 2.05) is 10.7 Å². The highest BCUT2D eigenvalue weighted by Crippen LogP contribution is 2.40. The summed E-state index contributed by atoms with van der Waals surface area (Å²) in [6, 6.07) is 6.40. The smallest absolute Gasteiger partial charge is 0.313 e. The summed E-state index contributed by atoms with van der Waals surface area (Å²) in [6.07, 6.45) is 8.69. The number of carboxylic acids is 1. The van der Waals surface area contributed by atoms with E-state index >= 15 is 0 Å².